The molecule has 0 aromatic heterocycles. The highest BCUT2D eigenvalue weighted by molar-refractivity contribution is 7.98. The van der Waals surface area contributed by atoms with E-state index < -0.39 is 7.82 Å². The second kappa shape index (κ2) is 14.1. The molecule has 37 heavy (non-hydrogen) atoms. The summed E-state index contributed by atoms with van der Waals surface area (Å²) in [6.45, 7) is 6.18. The zero-order chi connectivity index (χ0) is 26.8. The summed E-state index contributed by atoms with van der Waals surface area (Å²) < 4.78 is 47.3. The van der Waals surface area contributed by atoms with Crippen molar-refractivity contribution in [3.63, 3.8) is 0 Å². The van der Waals surface area contributed by atoms with Crippen molar-refractivity contribution in [1.82, 2.24) is 0 Å². The molecule has 0 heterocycles. The maximum Gasteiger partial charge on any atom is 0.474 e. The van der Waals surface area contributed by atoms with Gasteiger partial charge >= 0.3 is 13.8 Å². The van der Waals surface area contributed by atoms with Crippen LogP contribution < -0.4 is 0 Å². The first kappa shape index (κ1) is 29.3. The molecule has 0 unspecified atom stereocenters. The van der Waals surface area contributed by atoms with E-state index in [1.54, 1.807) is 31.7 Å². The number of allylic oxidation sites excluding steroid dienone is 2. The maximum atomic E-state index is 14.1. The number of carbonyl (C=O) groups excluding carboxylic acids is 1. The molecule has 0 radical (unpaired) electrons. The number of halogens is 1. The van der Waals surface area contributed by atoms with Crippen LogP contribution in [0.3, 0.4) is 0 Å². The summed E-state index contributed by atoms with van der Waals surface area (Å²) in [5.41, 5.74) is 5.33. The van der Waals surface area contributed by atoms with Crippen LogP contribution in [-0.2, 0) is 27.7 Å². The Kier molecular flexibility index (Phi) is 11.2. The molecule has 6 nitrogen and oxygen atoms in total. The molecule has 9 heteroatoms. The lowest BCUT2D eigenvalue weighted by molar-refractivity contribution is -0.142. The summed E-state index contributed by atoms with van der Waals surface area (Å²) in [7, 11) is -3.54. The number of unbranched alkanes of at least 4 members (excludes halogenated alkanes) is 1. The van der Waals surface area contributed by atoms with Crippen LogP contribution in [-0.4, -0.2) is 38.7 Å². The first-order chi connectivity index (χ1) is 17.8. The molecule has 0 saturated carbocycles. The number of phosphoric acid groups is 1. The Bertz CT molecular complexity index is 1180. The standard InChI is InChI=1S/C28H34FO6PS/c1-5-33-36(31,34-6-2)35-16-8-7-15-32-28(30)19-26-20(3)25(24-14-11-22(29)18-27(24)26)17-21-9-12-23(37-4)13-10-21/h9-14,17-18H,5-8,15-16,19H2,1-4H3/b25-17-. The van der Waals surface area contributed by atoms with Crippen LogP contribution in [0.4, 0.5) is 4.39 Å². The van der Waals surface area contributed by atoms with Crippen LogP contribution in [0.1, 0.15) is 56.7 Å². The number of thioether (sulfide) groups is 1. The zero-order valence-corrected chi connectivity index (χ0v) is 23.5. The Morgan fingerprint density at radius 1 is 0.973 bits per heavy atom. The molecule has 1 aliphatic rings. The minimum absolute atomic E-state index is 0.0470. The van der Waals surface area contributed by atoms with Crippen molar-refractivity contribution in [3.05, 3.63) is 70.5 Å². The van der Waals surface area contributed by atoms with E-state index in [1.807, 2.05) is 25.3 Å². The third kappa shape index (κ3) is 8.13. The van der Waals surface area contributed by atoms with Crippen molar-refractivity contribution in [2.75, 3.05) is 32.7 Å². The highest BCUT2D eigenvalue weighted by Crippen LogP contribution is 2.49. The van der Waals surface area contributed by atoms with Gasteiger partial charge < -0.3 is 4.74 Å². The Morgan fingerprint density at radius 3 is 2.30 bits per heavy atom. The number of hydrogen-bond donors (Lipinski definition) is 0. The summed E-state index contributed by atoms with van der Waals surface area (Å²) in [4.78, 5) is 13.8. The molecule has 0 bridgehead atoms. The van der Waals surface area contributed by atoms with E-state index in [9.17, 15) is 13.8 Å². The monoisotopic (exact) mass is 548 g/mol. The fraction of sp³-hybridized carbons (Fsp3) is 0.393. The van der Waals surface area contributed by atoms with Crippen LogP contribution in [0.2, 0.25) is 0 Å². The second-order valence-electron chi connectivity index (χ2n) is 8.34. The average molecular weight is 549 g/mol. The van der Waals surface area contributed by atoms with E-state index in [1.165, 1.54) is 17.0 Å². The topological polar surface area (TPSA) is 71.1 Å². The molecular formula is C28H34FO6PS. The molecule has 0 spiro atoms. The van der Waals surface area contributed by atoms with Crippen molar-refractivity contribution in [3.8, 4) is 0 Å². The molecule has 2 aromatic carbocycles. The van der Waals surface area contributed by atoms with Crippen molar-refractivity contribution >= 4 is 42.8 Å². The van der Waals surface area contributed by atoms with E-state index in [0.717, 1.165) is 33.4 Å². The van der Waals surface area contributed by atoms with E-state index >= 15 is 0 Å². The van der Waals surface area contributed by atoms with Gasteiger partial charge in [-0.25, -0.2) is 8.96 Å². The third-order valence-corrected chi connectivity index (χ3v) is 8.22. The predicted octanol–water partition coefficient (Wildman–Crippen LogP) is 7.79. The number of carbonyl (C=O) groups is 1. The molecule has 200 valence electrons. The molecule has 0 saturated heterocycles. The summed E-state index contributed by atoms with van der Waals surface area (Å²) in [5.74, 6) is -0.732. The van der Waals surface area contributed by atoms with Crippen molar-refractivity contribution in [2.45, 2.75) is 44.9 Å². The van der Waals surface area contributed by atoms with Gasteiger partial charge in [0.2, 0.25) is 0 Å². The van der Waals surface area contributed by atoms with E-state index in [4.69, 9.17) is 18.3 Å². The van der Waals surface area contributed by atoms with Crippen LogP contribution in [0.15, 0.2) is 52.9 Å². The smallest absolute Gasteiger partial charge is 0.465 e. The van der Waals surface area contributed by atoms with Crippen LogP contribution in [0, 0.1) is 5.82 Å². The minimum atomic E-state index is -3.54. The lowest BCUT2D eigenvalue weighted by Crippen LogP contribution is -2.08. The third-order valence-electron chi connectivity index (χ3n) is 5.83. The SMILES string of the molecule is CCOP(=O)(OCC)OCCCCOC(=O)CC1=C(C)/C(=C/c2ccc(SC)cc2)c2ccc(F)cc21. The van der Waals surface area contributed by atoms with Gasteiger partial charge in [0.1, 0.15) is 5.82 Å². The van der Waals surface area contributed by atoms with Gasteiger partial charge in [0.15, 0.2) is 0 Å². The Morgan fingerprint density at radius 2 is 1.65 bits per heavy atom. The molecule has 0 N–H and O–H groups in total. The van der Waals surface area contributed by atoms with E-state index in [-0.39, 0.29) is 44.6 Å². The summed E-state index contributed by atoms with van der Waals surface area (Å²) in [5, 5.41) is 0. The van der Waals surface area contributed by atoms with Gasteiger partial charge in [-0.05, 0) is 104 Å². The quantitative estimate of drug-likeness (QED) is 0.103. The van der Waals surface area contributed by atoms with Gasteiger partial charge in [0, 0.05) is 4.90 Å². The van der Waals surface area contributed by atoms with E-state index in [0.29, 0.717) is 12.8 Å². The van der Waals surface area contributed by atoms with Gasteiger partial charge in [-0.15, -0.1) is 11.8 Å². The Hall–Kier alpha value is -2.22. The lowest BCUT2D eigenvalue weighted by atomic mass is 10.0. The normalized spacial score (nSPS) is 14.4. The molecule has 2 aromatic rings. The summed E-state index contributed by atoms with van der Waals surface area (Å²) in [6, 6.07) is 12.9. The summed E-state index contributed by atoms with van der Waals surface area (Å²) >= 11 is 1.68. The van der Waals surface area contributed by atoms with Crippen LogP contribution in [0.5, 0.6) is 0 Å². The first-order valence-electron chi connectivity index (χ1n) is 12.4. The number of esters is 1. The van der Waals surface area contributed by atoms with Gasteiger partial charge in [-0.2, -0.15) is 0 Å². The highest BCUT2D eigenvalue weighted by Gasteiger charge is 2.27. The molecule has 0 fully saturated rings. The number of ether oxygens (including phenoxy) is 1. The van der Waals surface area contributed by atoms with Crippen molar-refractivity contribution in [1.29, 1.82) is 0 Å². The molecular weight excluding hydrogens is 514 g/mol. The molecule has 1 aliphatic carbocycles. The van der Waals surface area contributed by atoms with Gasteiger partial charge in [-0.1, -0.05) is 18.2 Å². The van der Waals surface area contributed by atoms with Gasteiger partial charge in [0.05, 0.1) is 32.8 Å². The predicted molar refractivity (Wildman–Crippen MR) is 147 cm³/mol. The number of benzene rings is 2. The lowest BCUT2D eigenvalue weighted by Gasteiger charge is -2.16. The maximum absolute atomic E-state index is 14.1. The highest BCUT2D eigenvalue weighted by atomic mass is 32.2. The number of phosphoric ester groups is 1. The average Bonchev–Trinajstić information content (AvgIpc) is 3.12. The molecule has 0 amide bonds. The fourth-order valence-corrected chi connectivity index (χ4v) is 5.66. The van der Waals surface area contributed by atoms with Crippen molar-refractivity contribution in [2.24, 2.45) is 0 Å². The number of hydrogen-bond acceptors (Lipinski definition) is 7. The van der Waals surface area contributed by atoms with Gasteiger partial charge in [0.25, 0.3) is 0 Å². The largest absolute Gasteiger partial charge is 0.474 e. The summed E-state index contributed by atoms with van der Waals surface area (Å²) in [6.07, 6.45) is 5.20. The second-order valence-corrected chi connectivity index (χ2v) is 10.9. The first-order valence-corrected chi connectivity index (χ1v) is 15.0. The Balaban J connectivity index is 1.61. The van der Waals surface area contributed by atoms with Crippen molar-refractivity contribution < 1.29 is 32.1 Å². The van der Waals surface area contributed by atoms with Crippen LogP contribution >= 0.6 is 19.6 Å². The van der Waals surface area contributed by atoms with E-state index in [2.05, 4.69) is 18.2 Å². The molecule has 0 atom stereocenters. The van der Waals surface area contributed by atoms with Gasteiger partial charge in [-0.3, -0.25) is 18.4 Å². The fourth-order valence-electron chi connectivity index (χ4n) is 4.04. The zero-order valence-electron chi connectivity index (χ0n) is 21.8. The minimum Gasteiger partial charge on any atom is -0.465 e. The molecule has 0 aliphatic heterocycles. The van der Waals surface area contributed by atoms with Crippen LogP contribution in [0.25, 0.3) is 17.2 Å². The molecule has 3 rings (SSSR count). The number of fused-ring (bicyclic) bond motifs is 1. The Labute approximate surface area is 222 Å². The number of rotatable bonds is 14.